The maximum absolute atomic E-state index is 13.2. The minimum Gasteiger partial charge on any atom is -0.476 e. The fourth-order valence-corrected chi connectivity index (χ4v) is 4.16. The molecule has 1 aromatic carbocycles. The number of aromatic nitrogens is 2. The molecule has 1 amide bonds. The number of benzene rings is 1. The molecule has 10 heteroatoms. The number of anilines is 3. The molecule has 3 heterocycles. The van der Waals surface area contributed by atoms with E-state index in [2.05, 4.69) is 32.3 Å². The van der Waals surface area contributed by atoms with Gasteiger partial charge >= 0.3 is 0 Å². The molecule has 1 N–H and O–H groups in total. The van der Waals surface area contributed by atoms with Gasteiger partial charge in [-0.05, 0) is 43.9 Å². The average Bonchev–Trinajstić information content (AvgIpc) is 2.85. The standard InChI is InChI=1S/C23H29ClFN5O3/c1-16(25)22(31)30-7-5-17(6-8-30)15-33-21-20(24)14-26-23(28-21)27-18-3-2-4-19(13-18)29-9-11-32-12-10-29/h2-4,13-14,16-17H,5-12,15H2,1H3,(H,26,27,28). The first kappa shape index (κ1) is 23.5. The molecule has 2 aromatic rings. The van der Waals surface area contributed by atoms with Crippen LogP contribution in [0.1, 0.15) is 19.8 Å². The monoisotopic (exact) mass is 477 g/mol. The maximum atomic E-state index is 13.2. The molecule has 1 aromatic heterocycles. The summed E-state index contributed by atoms with van der Waals surface area (Å²) in [4.78, 5) is 24.4. The molecular weight excluding hydrogens is 449 g/mol. The van der Waals surface area contributed by atoms with E-state index >= 15 is 0 Å². The van der Waals surface area contributed by atoms with Gasteiger partial charge in [-0.25, -0.2) is 9.37 Å². The number of ether oxygens (including phenoxy) is 2. The quantitative estimate of drug-likeness (QED) is 0.651. The van der Waals surface area contributed by atoms with Gasteiger partial charge in [-0.1, -0.05) is 17.7 Å². The van der Waals surface area contributed by atoms with Gasteiger partial charge in [0.2, 0.25) is 11.8 Å². The van der Waals surface area contributed by atoms with Crippen LogP contribution in [0.15, 0.2) is 30.5 Å². The number of morpholine rings is 1. The van der Waals surface area contributed by atoms with Gasteiger partial charge in [0.15, 0.2) is 6.17 Å². The van der Waals surface area contributed by atoms with Crippen molar-refractivity contribution in [2.75, 3.05) is 56.2 Å². The summed E-state index contributed by atoms with van der Waals surface area (Å²) in [7, 11) is 0. The smallest absolute Gasteiger partial charge is 0.256 e. The van der Waals surface area contributed by atoms with Gasteiger partial charge in [0.1, 0.15) is 5.02 Å². The van der Waals surface area contributed by atoms with Crippen molar-refractivity contribution in [3.8, 4) is 5.88 Å². The van der Waals surface area contributed by atoms with Crippen molar-refractivity contribution in [1.29, 1.82) is 0 Å². The number of nitrogens with zero attached hydrogens (tertiary/aromatic N) is 4. The molecule has 0 aliphatic carbocycles. The number of nitrogens with one attached hydrogen (secondary N) is 1. The predicted molar refractivity (Wildman–Crippen MR) is 125 cm³/mol. The summed E-state index contributed by atoms with van der Waals surface area (Å²) in [6.45, 7) is 5.94. The largest absolute Gasteiger partial charge is 0.476 e. The van der Waals surface area contributed by atoms with E-state index in [0.717, 1.165) is 50.5 Å². The Balaban J connectivity index is 1.33. The summed E-state index contributed by atoms with van der Waals surface area (Å²) < 4.78 is 24.6. The molecule has 2 saturated heterocycles. The van der Waals surface area contributed by atoms with E-state index in [4.69, 9.17) is 21.1 Å². The molecule has 8 nitrogen and oxygen atoms in total. The van der Waals surface area contributed by atoms with E-state index < -0.39 is 12.1 Å². The Kier molecular flexibility index (Phi) is 7.82. The minimum atomic E-state index is -1.46. The van der Waals surface area contributed by atoms with Crippen LogP contribution in [0.3, 0.4) is 0 Å². The van der Waals surface area contributed by atoms with Crippen molar-refractivity contribution in [1.82, 2.24) is 14.9 Å². The molecule has 2 fully saturated rings. The van der Waals surface area contributed by atoms with Crippen LogP contribution in [-0.2, 0) is 9.53 Å². The van der Waals surface area contributed by atoms with Crippen LogP contribution >= 0.6 is 11.6 Å². The van der Waals surface area contributed by atoms with Crippen LogP contribution < -0.4 is 15.0 Å². The second kappa shape index (κ2) is 11.0. The molecule has 33 heavy (non-hydrogen) atoms. The molecule has 0 radical (unpaired) electrons. The number of hydrogen-bond donors (Lipinski definition) is 1. The number of rotatable bonds is 7. The van der Waals surface area contributed by atoms with Crippen LogP contribution in [0, 0.1) is 5.92 Å². The maximum Gasteiger partial charge on any atom is 0.256 e. The molecule has 1 atom stereocenters. The summed E-state index contributed by atoms with van der Waals surface area (Å²) in [6.07, 6.45) is 1.56. The highest BCUT2D eigenvalue weighted by atomic mass is 35.5. The number of halogens is 2. The summed E-state index contributed by atoms with van der Waals surface area (Å²) in [6, 6.07) is 8.06. The zero-order valence-electron chi connectivity index (χ0n) is 18.7. The number of carbonyl (C=O) groups excluding carboxylic acids is 1. The van der Waals surface area contributed by atoms with E-state index in [1.807, 2.05) is 12.1 Å². The zero-order chi connectivity index (χ0) is 23.2. The summed E-state index contributed by atoms with van der Waals surface area (Å²) in [5.41, 5.74) is 1.98. The van der Waals surface area contributed by atoms with Crippen molar-refractivity contribution >= 4 is 34.8 Å². The van der Waals surface area contributed by atoms with E-state index in [-0.39, 0.29) is 5.92 Å². The topological polar surface area (TPSA) is 79.8 Å². The third kappa shape index (κ3) is 6.23. The minimum absolute atomic E-state index is 0.247. The molecule has 2 aliphatic rings. The molecule has 4 rings (SSSR count). The molecule has 0 spiro atoms. The van der Waals surface area contributed by atoms with E-state index in [9.17, 15) is 9.18 Å². The van der Waals surface area contributed by atoms with Crippen molar-refractivity contribution in [2.24, 2.45) is 5.92 Å². The number of piperidine rings is 1. The fraction of sp³-hybridized carbons (Fsp3) is 0.522. The first-order chi connectivity index (χ1) is 16.0. The lowest BCUT2D eigenvalue weighted by molar-refractivity contribution is -0.137. The first-order valence-electron chi connectivity index (χ1n) is 11.3. The lowest BCUT2D eigenvalue weighted by Gasteiger charge is -2.32. The highest BCUT2D eigenvalue weighted by Crippen LogP contribution is 2.27. The molecule has 0 bridgehead atoms. The molecule has 0 saturated carbocycles. The summed E-state index contributed by atoms with van der Waals surface area (Å²) in [5, 5.41) is 3.55. The van der Waals surface area contributed by atoms with E-state index in [1.165, 1.54) is 13.1 Å². The Hall–Kier alpha value is -2.65. The Bertz CT molecular complexity index is 949. The Morgan fingerprint density at radius 1 is 1.30 bits per heavy atom. The summed E-state index contributed by atoms with van der Waals surface area (Å²) in [5.74, 6) is 0.512. The Morgan fingerprint density at radius 2 is 2.06 bits per heavy atom. The highest BCUT2D eigenvalue weighted by Gasteiger charge is 2.26. The van der Waals surface area contributed by atoms with Crippen LogP contribution in [0.25, 0.3) is 0 Å². The lowest BCUT2D eigenvalue weighted by Crippen LogP contribution is -2.42. The number of hydrogen-bond acceptors (Lipinski definition) is 7. The second-order valence-electron chi connectivity index (χ2n) is 8.32. The van der Waals surface area contributed by atoms with Gasteiger partial charge in [-0.3, -0.25) is 4.79 Å². The van der Waals surface area contributed by atoms with Crippen molar-refractivity contribution in [2.45, 2.75) is 25.9 Å². The van der Waals surface area contributed by atoms with Crippen LogP contribution in [0.2, 0.25) is 5.02 Å². The fourth-order valence-electron chi connectivity index (χ4n) is 4.01. The van der Waals surface area contributed by atoms with Crippen molar-refractivity contribution in [3.63, 3.8) is 0 Å². The number of alkyl halides is 1. The number of amides is 1. The normalized spacial score (nSPS) is 18.2. The van der Waals surface area contributed by atoms with Crippen LogP contribution in [0.4, 0.5) is 21.7 Å². The zero-order valence-corrected chi connectivity index (χ0v) is 19.4. The van der Waals surface area contributed by atoms with Crippen LogP contribution in [0.5, 0.6) is 5.88 Å². The lowest BCUT2D eigenvalue weighted by atomic mass is 9.97. The summed E-state index contributed by atoms with van der Waals surface area (Å²) >= 11 is 6.25. The Labute approximate surface area is 198 Å². The van der Waals surface area contributed by atoms with Crippen molar-refractivity contribution < 1.29 is 18.7 Å². The molecule has 2 aliphatic heterocycles. The van der Waals surface area contributed by atoms with Crippen LogP contribution in [-0.4, -0.2) is 72.9 Å². The first-order valence-corrected chi connectivity index (χ1v) is 11.7. The van der Waals surface area contributed by atoms with Gasteiger partial charge in [0.25, 0.3) is 5.91 Å². The molecular formula is C23H29ClFN5O3. The third-order valence-electron chi connectivity index (χ3n) is 5.91. The van der Waals surface area contributed by atoms with Gasteiger partial charge in [0.05, 0.1) is 26.0 Å². The third-order valence-corrected chi connectivity index (χ3v) is 6.17. The van der Waals surface area contributed by atoms with Gasteiger partial charge in [-0.15, -0.1) is 0 Å². The average molecular weight is 478 g/mol. The predicted octanol–water partition coefficient (Wildman–Crippen LogP) is 3.69. The van der Waals surface area contributed by atoms with Gasteiger partial charge in [0, 0.05) is 37.6 Å². The number of carbonyl (C=O) groups is 1. The molecule has 178 valence electrons. The number of likely N-dealkylation sites (tertiary alicyclic amines) is 1. The van der Waals surface area contributed by atoms with E-state index in [1.54, 1.807) is 4.90 Å². The second-order valence-corrected chi connectivity index (χ2v) is 8.72. The highest BCUT2D eigenvalue weighted by molar-refractivity contribution is 6.31. The Morgan fingerprint density at radius 3 is 2.79 bits per heavy atom. The van der Waals surface area contributed by atoms with Gasteiger partial charge in [-0.2, -0.15) is 4.98 Å². The molecule has 1 unspecified atom stereocenters. The van der Waals surface area contributed by atoms with Crippen molar-refractivity contribution in [3.05, 3.63) is 35.5 Å². The van der Waals surface area contributed by atoms with E-state index in [0.29, 0.717) is 36.5 Å². The van der Waals surface area contributed by atoms with Gasteiger partial charge < -0.3 is 24.6 Å². The SMILES string of the molecule is CC(F)C(=O)N1CCC(COc2nc(Nc3cccc(N4CCOCC4)c3)ncc2Cl)CC1.